The van der Waals surface area contributed by atoms with Crippen molar-refractivity contribution < 1.29 is 0 Å². The molecule has 2 nitrogen and oxygen atoms in total. The molecule has 0 fully saturated rings. The van der Waals surface area contributed by atoms with E-state index in [9.17, 15) is 0 Å². The summed E-state index contributed by atoms with van der Waals surface area (Å²) in [5, 5.41) is 3.50. The quantitative estimate of drug-likeness (QED) is 0.661. The Kier molecular flexibility index (Phi) is 7.69. The predicted octanol–water partition coefficient (Wildman–Crippen LogP) is 2.90. The van der Waals surface area contributed by atoms with E-state index in [0.29, 0.717) is 0 Å². The van der Waals surface area contributed by atoms with E-state index in [1.807, 2.05) is 0 Å². The fourth-order valence-corrected chi connectivity index (χ4v) is 1.85. The molecule has 0 radical (unpaired) electrons. The highest BCUT2D eigenvalue weighted by Crippen LogP contribution is 2.03. The second-order valence-electron chi connectivity index (χ2n) is 4.46. The molecule has 0 aliphatic rings. The fourth-order valence-electron chi connectivity index (χ4n) is 1.85. The van der Waals surface area contributed by atoms with Crippen LogP contribution in [-0.2, 0) is 6.54 Å². The highest BCUT2D eigenvalue weighted by molar-refractivity contribution is 5.14. The third-order valence-electron chi connectivity index (χ3n) is 3.01. The van der Waals surface area contributed by atoms with E-state index >= 15 is 0 Å². The first-order valence-electron chi connectivity index (χ1n) is 6.83. The minimum atomic E-state index is 1.06. The Morgan fingerprint density at radius 2 is 1.82 bits per heavy atom. The molecule has 2 heteroatoms. The molecule has 0 atom stereocenters. The molecule has 0 saturated heterocycles. The Balaban J connectivity index is 2.20. The van der Waals surface area contributed by atoms with Gasteiger partial charge in [-0.3, -0.25) is 4.90 Å². The van der Waals surface area contributed by atoms with Crippen LogP contribution in [0, 0.1) is 0 Å². The number of likely N-dealkylation sites (N-methyl/N-ethyl adjacent to an activating group) is 1. The number of hydrogen-bond acceptors (Lipinski definition) is 2. The Bertz CT molecular complexity index is 272. The minimum Gasteiger partial charge on any atom is -0.315 e. The molecule has 1 aromatic rings. The van der Waals surface area contributed by atoms with Crippen molar-refractivity contribution in [1.82, 2.24) is 10.2 Å². The third kappa shape index (κ3) is 6.44. The van der Waals surface area contributed by atoms with Gasteiger partial charge in [-0.1, -0.05) is 50.6 Å². The molecule has 96 valence electrons. The maximum Gasteiger partial charge on any atom is 0.0234 e. The van der Waals surface area contributed by atoms with Crippen LogP contribution < -0.4 is 5.32 Å². The van der Waals surface area contributed by atoms with Gasteiger partial charge in [-0.2, -0.15) is 0 Å². The summed E-state index contributed by atoms with van der Waals surface area (Å²) in [6, 6.07) is 10.7. The van der Waals surface area contributed by atoms with Gasteiger partial charge in [0.05, 0.1) is 0 Å². The number of rotatable bonds is 9. The van der Waals surface area contributed by atoms with Crippen molar-refractivity contribution in [3.63, 3.8) is 0 Å². The Labute approximate surface area is 106 Å². The fraction of sp³-hybridized carbons (Fsp3) is 0.600. The van der Waals surface area contributed by atoms with Crippen molar-refractivity contribution >= 4 is 0 Å². The van der Waals surface area contributed by atoms with E-state index in [2.05, 4.69) is 54.4 Å². The number of nitrogens with one attached hydrogen (secondary N) is 1. The Hall–Kier alpha value is -0.860. The summed E-state index contributed by atoms with van der Waals surface area (Å²) in [5.74, 6) is 0. The summed E-state index contributed by atoms with van der Waals surface area (Å²) >= 11 is 0. The zero-order valence-corrected chi connectivity index (χ0v) is 11.3. The van der Waals surface area contributed by atoms with Crippen LogP contribution in [0.25, 0.3) is 0 Å². The molecule has 0 aromatic heterocycles. The van der Waals surface area contributed by atoms with Crippen LogP contribution in [0.2, 0.25) is 0 Å². The normalized spacial score (nSPS) is 11.0. The lowest BCUT2D eigenvalue weighted by molar-refractivity contribution is 0.279. The average molecular weight is 234 g/mol. The predicted molar refractivity (Wildman–Crippen MR) is 75.2 cm³/mol. The van der Waals surface area contributed by atoms with Gasteiger partial charge in [-0.25, -0.2) is 0 Å². The summed E-state index contributed by atoms with van der Waals surface area (Å²) in [7, 11) is 0. The highest BCUT2D eigenvalue weighted by atomic mass is 15.1. The molecule has 0 spiro atoms. The number of hydrogen-bond donors (Lipinski definition) is 1. The summed E-state index contributed by atoms with van der Waals surface area (Å²) in [5.41, 5.74) is 1.41. The summed E-state index contributed by atoms with van der Waals surface area (Å²) < 4.78 is 0. The third-order valence-corrected chi connectivity index (χ3v) is 3.01. The van der Waals surface area contributed by atoms with Crippen LogP contribution in [0.3, 0.4) is 0 Å². The van der Waals surface area contributed by atoms with E-state index in [-0.39, 0.29) is 0 Å². The van der Waals surface area contributed by atoms with Gasteiger partial charge in [0.25, 0.3) is 0 Å². The van der Waals surface area contributed by atoms with Crippen molar-refractivity contribution in [2.75, 3.05) is 26.2 Å². The first kappa shape index (κ1) is 14.2. The van der Waals surface area contributed by atoms with Crippen LogP contribution in [-0.4, -0.2) is 31.1 Å². The van der Waals surface area contributed by atoms with Gasteiger partial charge in [0, 0.05) is 19.6 Å². The second-order valence-corrected chi connectivity index (χ2v) is 4.46. The highest BCUT2D eigenvalue weighted by Gasteiger charge is 2.02. The Morgan fingerprint density at radius 1 is 1.06 bits per heavy atom. The molecule has 1 rings (SSSR count). The van der Waals surface area contributed by atoms with E-state index in [0.717, 1.165) is 32.7 Å². The Morgan fingerprint density at radius 3 is 2.47 bits per heavy atom. The van der Waals surface area contributed by atoms with Gasteiger partial charge in [0.1, 0.15) is 0 Å². The van der Waals surface area contributed by atoms with Crippen LogP contribution >= 0.6 is 0 Å². The van der Waals surface area contributed by atoms with E-state index < -0.39 is 0 Å². The SMILES string of the molecule is CCCCNCCN(CC)Cc1ccccc1. The van der Waals surface area contributed by atoms with Crippen LogP contribution in [0.1, 0.15) is 32.3 Å². The molecule has 17 heavy (non-hydrogen) atoms. The average Bonchev–Trinajstić information content (AvgIpc) is 2.38. The second kappa shape index (κ2) is 9.20. The zero-order valence-electron chi connectivity index (χ0n) is 11.3. The molecule has 0 amide bonds. The lowest BCUT2D eigenvalue weighted by Gasteiger charge is -2.20. The van der Waals surface area contributed by atoms with Crippen molar-refractivity contribution in [2.45, 2.75) is 33.2 Å². The largest absolute Gasteiger partial charge is 0.315 e. The molecule has 0 aliphatic carbocycles. The van der Waals surface area contributed by atoms with Crippen LogP contribution in [0.4, 0.5) is 0 Å². The minimum absolute atomic E-state index is 1.06. The van der Waals surface area contributed by atoms with Crippen molar-refractivity contribution in [1.29, 1.82) is 0 Å². The smallest absolute Gasteiger partial charge is 0.0234 e. The van der Waals surface area contributed by atoms with Gasteiger partial charge in [-0.05, 0) is 25.1 Å². The van der Waals surface area contributed by atoms with Crippen LogP contribution in [0.15, 0.2) is 30.3 Å². The monoisotopic (exact) mass is 234 g/mol. The maximum atomic E-state index is 3.50. The molecule has 0 bridgehead atoms. The van der Waals surface area contributed by atoms with Gasteiger partial charge in [-0.15, -0.1) is 0 Å². The summed E-state index contributed by atoms with van der Waals surface area (Å²) in [6.45, 7) is 10.0. The summed E-state index contributed by atoms with van der Waals surface area (Å²) in [4.78, 5) is 2.48. The van der Waals surface area contributed by atoms with Crippen molar-refractivity contribution in [3.8, 4) is 0 Å². The van der Waals surface area contributed by atoms with Gasteiger partial charge in [0.15, 0.2) is 0 Å². The van der Waals surface area contributed by atoms with Gasteiger partial charge >= 0.3 is 0 Å². The van der Waals surface area contributed by atoms with Gasteiger partial charge < -0.3 is 5.32 Å². The first-order chi connectivity index (χ1) is 8.36. The lowest BCUT2D eigenvalue weighted by Crippen LogP contribution is -2.32. The molecule has 0 saturated carbocycles. The zero-order chi connectivity index (χ0) is 12.3. The standard InChI is InChI=1S/C15H26N2/c1-3-5-11-16-12-13-17(4-2)14-15-9-7-6-8-10-15/h6-10,16H,3-5,11-14H2,1-2H3. The number of nitrogens with zero attached hydrogens (tertiary/aromatic N) is 1. The molecule has 1 N–H and O–H groups in total. The molecular weight excluding hydrogens is 208 g/mol. The molecule has 0 heterocycles. The van der Waals surface area contributed by atoms with Crippen molar-refractivity contribution in [3.05, 3.63) is 35.9 Å². The molecule has 1 aromatic carbocycles. The van der Waals surface area contributed by atoms with E-state index in [1.165, 1.54) is 18.4 Å². The molecule has 0 unspecified atom stereocenters. The maximum absolute atomic E-state index is 3.50. The number of unbranched alkanes of at least 4 members (excludes halogenated alkanes) is 1. The van der Waals surface area contributed by atoms with E-state index in [1.54, 1.807) is 0 Å². The summed E-state index contributed by atoms with van der Waals surface area (Å²) in [6.07, 6.45) is 2.55. The molecule has 0 aliphatic heterocycles. The van der Waals surface area contributed by atoms with Gasteiger partial charge in [0.2, 0.25) is 0 Å². The van der Waals surface area contributed by atoms with Crippen molar-refractivity contribution in [2.24, 2.45) is 0 Å². The first-order valence-corrected chi connectivity index (χ1v) is 6.83. The lowest BCUT2D eigenvalue weighted by atomic mass is 10.2. The topological polar surface area (TPSA) is 15.3 Å². The van der Waals surface area contributed by atoms with Crippen LogP contribution in [0.5, 0.6) is 0 Å². The number of benzene rings is 1. The van der Waals surface area contributed by atoms with E-state index in [4.69, 9.17) is 0 Å². The molecular formula is C15H26N2.